The highest BCUT2D eigenvalue weighted by molar-refractivity contribution is 5.95. The summed E-state index contributed by atoms with van der Waals surface area (Å²) in [5, 5.41) is 10.5. The van der Waals surface area contributed by atoms with Gasteiger partial charge in [-0.05, 0) is 18.6 Å². The van der Waals surface area contributed by atoms with Gasteiger partial charge >= 0.3 is 0 Å². The molecule has 0 atom stereocenters. The maximum absolute atomic E-state index is 11.6. The summed E-state index contributed by atoms with van der Waals surface area (Å²) in [7, 11) is 0. The third-order valence-electron chi connectivity index (χ3n) is 2.04. The van der Waals surface area contributed by atoms with Crippen molar-refractivity contribution in [1.29, 1.82) is 0 Å². The molecular formula is C10H11N3O5. The summed E-state index contributed by atoms with van der Waals surface area (Å²) < 4.78 is 0. The Balaban J connectivity index is 2.74. The average Bonchev–Trinajstić information content (AvgIpc) is 2.27. The van der Waals surface area contributed by atoms with Crippen LogP contribution in [0.2, 0.25) is 0 Å². The molecule has 1 aromatic rings. The summed E-state index contributed by atoms with van der Waals surface area (Å²) in [4.78, 5) is 36.4. The van der Waals surface area contributed by atoms with E-state index in [4.69, 9.17) is 5.73 Å². The summed E-state index contributed by atoms with van der Waals surface area (Å²) >= 11 is 0. The molecule has 1 aromatic carbocycles. The van der Waals surface area contributed by atoms with Gasteiger partial charge in [0.2, 0.25) is 5.91 Å². The van der Waals surface area contributed by atoms with Crippen molar-refractivity contribution in [1.82, 2.24) is 5.48 Å². The third-order valence-corrected chi connectivity index (χ3v) is 2.04. The van der Waals surface area contributed by atoms with Gasteiger partial charge in [-0.1, -0.05) is 0 Å². The van der Waals surface area contributed by atoms with Crippen LogP contribution in [0.15, 0.2) is 18.2 Å². The highest BCUT2D eigenvalue weighted by atomic mass is 16.7. The Kier molecular flexibility index (Phi) is 4.33. The van der Waals surface area contributed by atoms with Crippen LogP contribution in [0, 0.1) is 17.0 Å². The lowest BCUT2D eigenvalue weighted by Crippen LogP contribution is -2.29. The number of nitrogens with two attached hydrogens (primary N) is 1. The minimum Gasteiger partial charge on any atom is -0.368 e. The molecule has 0 aromatic heterocycles. The number of nitrogens with zero attached hydrogens (tertiary/aromatic N) is 1. The molecule has 0 aliphatic carbocycles. The molecule has 0 spiro atoms. The molecule has 18 heavy (non-hydrogen) atoms. The Morgan fingerprint density at radius 3 is 2.67 bits per heavy atom. The van der Waals surface area contributed by atoms with Crippen LogP contribution in [0.3, 0.4) is 0 Å². The first-order valence-electron chi connectivity index (χ1n) is 4.87. The largest absolute Gasteiger partial charge is 0.368 e. The molecule has 96 valence electrons. The molecule has 3 N–H and O–H groups in total. The first-order chi connectivity index (χ1) is 8.41. The number of nitrogens with one attached hydrogen (secondary N) is 1. The predicted octanol–water partition coefficient (Wildman–Crippen LogP) is 0.0499. The fraction of sp³-hybridized carbons (Fsp3) is 0.200. The topological polar surface area (TPSA) is 125 Å². The lowest BCUT2D eigenvalue weighted by Gasteiger charge is -2.06. The summed E-state index contributed by atoms with van der Waals surface area (Å²) in [6.45, 7) is 1.10. The van der Waals surface area contributed by atoms with Crippen molar-refractivity contribution in [3.8, 4) is 0 Å². The average molecular weight is 253 g/mol. The Bertz CT molecular complexity index is 500. The summed E-state index contributed by atoms with van der Waals surface area (Å²) in [5.74, 6) is -1.33. The van der Waals surface area contributed by atoms with Gasteiger partial charge in [0, 0.05) is 17.7 Å². The molecule has 8 nitrogen and oxygen atoms in total. The van der Waals surface area contributed by atoms with Crippen LogP contribution >= 0.6 is 0 Å². The molecule has 0 saturated carbocycles. The molecule has 0 fully saturated rings. The van der Waals surface area contributed by atoms with Gasteiger partial charge in [-0.3, -0.25) is 24.5 Å². The molecule has 2 amide bonds. The van der Waals surface area contributed by atoms with Crippen LogP contribution in [-0.4, -0.2) is 23.3 Å². The molecule has 0 aliphatic heterocycles. The second kappa shape index (κ2) is 5.73. The zero-order valence-electron chi connectivity index (χ0n) is 9.50. The maximum Gasteiger partial charge on any atom is 0.275 e. The van der Waals surface area contributed by atoms with E-state index in [-0.39, 0.29) is 11.3 Å². The molecule has 0 saturated heterocycles. The predicted molar refractivity (Wildman–Crippen MR) is 60.4 cm³/mol. The van der Waals surface area contributed by atoms with Gasteiger partial charge in [0.15, 0.2) is 6.61 Å². The zero-order chi connectivity index (χ0) is 13.7. The van der Waals surface area contributed by atoms with Crippen molar-refractivity contribution < 1.29 is 19.3 Å². The summed E-state index contributed by atoms with van der Waals surface area (Å²) in [6.07, 6.45) is 0. The van der Waals surface area contributed by atoms with Gasteiger partial charge in [-0.25, -0.2) is 5.48 Å². The molecular weight excluding hydrogens is 242 g/mol. The molecule has 0 heterocycles. The molecule has 0 unspecified atom stereocenters. The van der Waals surface area contributed by atoms with Gasteiger partial charge in [0.25, 0.3) is 11.6 Å². The van der Waals surface area contributed by atoms with Gasteiger partial charge in [-0.2, -0.15) is 0 Å². The van der Waals surface area contributed by atoms with Crippen LogP contribution in [0.4, 0.5) is 5.69 Å². The highest BCUT2D eigenvalue weighted by Gasteiger charge is 2.13. The van der Waals surface area contributed by atoms with E-state index in [9.17, 15) is 19.7 Å². The number of hydroxylamine groups is 1. The van der Waals surface area contributed by atoms with Crippen LogP contribution in [0.1, 0.15) is 15.9 Å². The molecule has 0 bridgehead atoms. The van der Waals surface area contributed by atoms with Crippen molar-refractivity contribution in [2.24, 2.45) is 5.73 Å². The van der Waals surface area contributed by atoms with E-state index in [2.05, 4.69) is 4.84 Å². The van der Waals surface area contributed by atoms with Crippen molar-refractivity contribution in [3.63, 3.8) is 0 Å². The zero-order valence-corrected chi connectivity index (χ0v) is 9.50. The van der Waals surface area contributed by atoms with Gasteiger partial charge < -0.3 is 5.73 Å². The van der Waals surface area contributed by atoms with E-state index in [1.165, 1.54) is 18.2 Å². The lowest BCUT2D eigenvalue weighted by atomic mass is 10.1. The Hall–Kier alpha value is -2.48. The van der Waals surface area contributed by atoms with E-state index in [1.54, 1.807) is 6.92 Å². The van der Waals surface area contributed by atoms with E-state index >= 15 is 0 Å². The van der Waals surface area contributed by atoms with Crippen LogP contribution < -0.4 is 11.2 Å². The normalized spacial score (nSPS) is 9.83. The van der Waals surface area contributed by atoms with Gasteiger partial charge in [0.1, 0.15) is 0 Å². The van der Waals surface area contributed by atoms with Gasteiger partial charge in [-0.15, -0.1) is 0 Å². The number of hydrogen-bond acceptors (Lipinski definition) is 5. The first kappa shape index (κ1) is 13.6. The molecule has 8 heteroatoms. The second-order valence-corrected chi connectivity index (χ2v) is 3.44. The first-order valence-corrected chi connectivity index (χ1v) is 4.87. The van der Waals surface area contributed by atoms with Crippen molar-refractivity contribution >= 4 is 17.5 Å². The number of primary amides is 1. The summed E-state index contributed by atoms with van der Waals surface area (Å²) in [6, 6.07) is 3.77. The fourth-order valence-electron chi connectivity index (χ4n) is 1.24. The van der Waals surface area contributed by atoms with Crippen molar-refractivity contribution in [2.45, 2.75) is 6.92 Å². The third kappa shape index (κ3) is 3.52. The molecule has 1 rings (SSSR count). The monoisotopic (exact) mass is 253 g/mol. The van der Waals surface area contributed by atoms with E-state index in [1.807, 2.05) is 5.48 Å². The minimum absolute atomic E-state index is 0.109. The van der Waals surface area contributed by atoms with Crippen molar-refractivity contribution in [2.75, 3.05) is 6.61 Å². The lowest BCUT2D eigenvalue weighted by molar-refractivity contribution is -0.384. The smallest absolute Gasteiger partial charge is 0.275 e. The number of carbonyl (C=O) groups excluding carboxylic acids is 2. The SMILES string of the molecule is Cc1cc([N+](=O)[O-])ccc1C(=O)NOCC(N)=O. The number of benzene rings is 1. The molecule has 0 aliphatic rings. The van der Waals surface area contributed by atoms with E-state index < -0.39 is 23.3 Å². The summed E-state index contributed by atoms with van der Waals surface area (Å²) in [5.41, 5.74) is 7.34. The quantitative estimate of drug-likeness (QED) is 0.566. The number of amides is 2. The highest BCUT2D eigenvalue weighted by Crippen LogP contribution is 2.16. The standard InChI is InChI=1S/C10H11N3O5/c1-6-4-7(13(16)17)2-3-8(6)10(15)12-18-5-9(11)14/h2-4H,5H2,1H3,(H2,11,14)(H,12,15). The number of hydrogen-bond donors (Lipinski definition) is 2. The van der Waals surface area contributed by atoms with Crippen LogP contribution in [0.5, 0.6) is 0 Å². The van der Waals surface area contributed by atoms with Crippen molar-refractivity contribution in [3.05, 3.63) is 39.4 Å². The van der Waals surface area contributed by atoms with E-state index in [0.29, 0.717) is 5.56 Å². The molecule has 0 radical (unpaired) electrons. The maximum atomic E-state index is 11.6. The number of nitro groups is 1. The minimum atomic E-state index is -0.726. The Morgan fingerprint density at radius 2 is 2.17 bits per heavy atom. The van der Waals surface area contributed by atoms with Gasteiger partial charge in [0.05, 0.1) is 4.92 Å². The Morgan fingerprint density at radius 1 is 1.50 bits per heavy atom. The number of carbonyl (C=O) groups is 2. The van der Waals surface area contributed by atoms with Crippen LogP contribution in [0.25, 0.3) is 0 Å². The second-order valence-electron chi connectivity index (χ2n) is 3.44. The fourth-order valence-corrected chi connectivity index (χ4v) is 1.24. The number of rotatable bonds is 5. The number of non-ortho nitro benzene ring substituents is 1. The van der Waals surface area contributed by atoms with Crippen LogP contribution in [-0.2, 0) is 9.63 Å². The Labute approximate surface area is 102 Å². The van der Waals surface area contributed by atoms with E-state index in [0.717, 1.165) is 0 Å². The number of aryl methyl sites for hydroxylation is 1. The number of nitro benzene ring substituents is 1.